The first-order valence-corrected chi connectivity index (χ1v) is 6.16. The molecule has 0 aliphatic carbocycles. The Bertz CT molecular complexity index is 559. The van der Waals surface area contributed by atoms with Crippen molar-refractivity contribution in [3.8, 4) is 5.75 Å². The van der Waals surface area contributed by atoms with Crippen molar-refractivity contribution in [1.29, 1.82) is 0 Å². The molecule has 1 aromatic rings. The molecule has 0 unspecified atom stereocenters. The summed E-state index contributed by atoms with van der Waals surface area (Å²) in [7, 11) is 0. The Morgan fingerprint density at radius 2 is 2.05 bits per heavy atom. The van der Waals surface area contributed by atoms with Gasteiger partial charge in [0, 0.05) is 11.3 Å². The van der Waals surface area contributed by atoms with E-state index in [0.29, 0.717) is 11.3 Å². The van der Waals surface area contributed by atoms with E-state index < -0.39 is 24.9 Å². The SMILES string of the molecule is CCOC(=O)C1=CC(CF)(CF)Oc2ccc(N)cc21.Cl. The third-order valence-electron chi connectivity index (χ3n) is 2.96. The van der Waals surface area contributed by atoms with E-state index in [1.165, 1.54) is 18.2 Å². The fourth-order valence-electron chi connectivity index (χ4n) is 1.98. The monoisotopic (exact) mass is 319 g/mol. The molecule has 7 heteroatoms. The normalized spacial score (nSPS) is 15.1. The Labute approximate surface area is 127 Å². The largest absolute Gasteiger partial charge is 0.477 e. The second-order valence-corrected chi connectivity index (χ2v) is 4.47. The summed E-state index contributed by atoms with van der Waals surface area (Å²) in [6.45, 7) is -0.366. The number of hydrogen-bond donors (Lipinski definition) is 1. The zero-order valence-electron chi connectivity index (χ0n) is 11.4. The molecule has 0 saturated heterocycles. The topological polar surface area (TPSA) is 61.5 Å². The first-order chi connectivity index (χ1) is 9.55. The summed E-state index contributed by atoms with van der Waals surface area (Å²) in [5, 5.41) is 0. The maximum Gasteiger partial charge on any atom is 0.338 e. The van der Waals surface area contributed by atoms with Crippen LogP contribution >= 0.6 is 12.4 Å². The van der Waals surface area contributed by atoms with Crippen LogP contribution in [0.5, 0.6) is 5.75 Å². The Morgan fingerprint density at radius 3 is 2.62 bits per heavy atom. The van der Waals surface area contributed by atoms with E-state index in [9.17, 15) is 13.6 Å². The number of nitrogens with two attached hydrogens (primary N) is 1. The molecule has 2 rings (SSSR count). The highest BCUT2D eigenvalue weighted by Gasteiger charge is 2.38. The van der Waals surface area contributed by atoms with Crippen LogP contribution < -0.4 is 10.5 Å². The summed E-state index contributed by atoms with van der Waals surface area (Å²) in [4.78, 5) is 12.0. The summed E-state index contributed by atoms with van der Waals surface area (Å²) in [5.41, 5.74) is 4.74. The third kappa shape index (κ3) is 3.26. The third-order valence-corrected chi connectivity index (χ3v) is 2.96. The number of halogens is 3. The van der Waals surface area contributed by atoms with Gasteiger partial charge in [0.05, 0.1) is 12.2 Å². The van der Waals surface area contributed by atoms with Crippen molar-refractivity contribution in [2.24, 2.45) is 0 Å². The summed E-state index contributed by atoms with van der Waals surface area (Å²) in [5.74, 6) is -0.450. The van der Waals surface area contributed by atoms with Crippen molar-refractivity contribution in [2.45, 2.75) is 12.5 Å². The maximum atomic E-state index is 13.1. The Balaban J connectivity index is 0.00000220. The number of ether oxygens (including phenoxy) is 2. The fourth-order valence-corrected chi connectivity index (χ4v) is 1.98. The minimum absolute atomic E-state index is 0. The van der Waals surface area contributed by atoms with Gasteiger partial charge in [-0.1, -0.05) is 0 Å². The number of hydrogen-bond acceptors (Lipinski definition) is 4. The molecule has 0 radical (unpaired) electrons. The van der Waals surface area contributed by atoms with Crippen molar-refractivity contribution in [2.75, 3.05) is 25.7 Å². The number of carbonyl (C=O) groups excluding carboxylic acids is 1. The molecule has 0 bridgehead atoms. The van der Waals surface area contributed by atoms with Crippen LogP contribution in [0, 0.1) is 0 Å². The van der Waals surface area contributed by atoms with E-state index >= 15 is 0 Å². The minimum Gasteiger partial charge on any atom is -0.477 e. The summed E-state index contributed by atoms with van der Waals surface area (Å²) in [6, 6.07) is 4.53. The van der Waals surface area contributed by atoms with Gasteiger partial charge in [-0.2, -0.15) is 0 Å². The first kappa shape index (κ1) is 17.2. The maximum absolute atomic E-state index is 13.1. The Morgan fingerprint density at radius 1 is 1.38 bits per heavy atom. The molecule has 1 aliphatic heterocycles. The number of esters is 1. The van der Waals surface area contributed by atoms with Crippen LogP contribution in [0.1, 0.15) is 12.5 Å². The fraction of sp³-hybridized carbons (Fsp3) is 0.357. The van der Waals surface area contributed by atoms with Gasteiger partial charge < -0.3 is 15.2 Å². The van der Waals surface area contributed by atoms with E-state index in [4.69, 9.17) is 15.2 Å². The molecule has 4 nitrogen and oxygen atoms in total. The lowest BCUT2D eigenvalue weighted by molar-refractivity contribution is -0.136. The standard InChI is InChI=1S/C14H15F2NO3.ClH/c1-2-19-13(18)11-6-14(7-15,8-16)20-12-4-3-9(17)5-10(11)12;/h3-6H,2,7-8,17H2,1H3;1H. The molecule has 0 saturated carbocycles. The molecule has 0 amide bonds. The van der Waals surface area contributed by atoms with Crippen LogP contribution in [0.25, 0.3) is 5.57 Å². The molecule has 116 valence electrons. The van der Waals surface area contributed by atoms with Crippen molar-refractivity contribution in [3.05, 3.63) is 29.8 Å². The summed E-state index contributed by atoms with van der Waals surface area (Å²) < 4.78 is 36.5. The first-order valence-electron chi connectivity index (χ1n) is 6.16. The highest BCUT2D eigenvalue weighted by molar-refractivity contribution is 6.18. The lowest BCUT2D eigenvalue weighted by Crippen LogP contribution is -2.42. The second-order valence-electron chi connectivity index (χ2n) is 4.47. The van der Waals surface area contributed by atoms with E-state index in [1.807, 2.05) is 0 Å². The molecule has 0 aromatic heterocycles. The lowest BCUT2D eigenvalue weighted by Gasteiger charge is -2.32. The smallest absolute Gasteiger partial charge is 0.338 e. The van der Waals surface area contributed by atoms with Crippen molar-refractivity contribution < 1.29 is 23.0 Å². The second kappa shape index (κ2) is 6.76. The zero-order valence-corrected chi connectivity index (χ0v) is 12.2. The van der Waals surface area contributed by atoms with E-state index in [1.54, 1.807) is 6.92 Å². The van der Waals surface area contributed by atoms with Crippen LogP contribution in [-0.4, -0.2) is 31.5 Å². The number of rotatable bonds is 4. The van der Waals surface area contributed by atoms with Gasteiger partial charge in [-0.3, -0.25) is 0 Å². The predicted octanol–water partition coefficient (Wildman–Crippen LogP) is 2.71. The van der Waals surface area contributed by atoms with Crippen LogP contribution in [0.2, 0.25) is 0 Å². The van der Waals surface area contributed by atoms with Gasteiger partial charge in [-0.25, -0.2) is 13.6 Å². The predicted molar refractivity (Wildman–Crippen MR) is 78.0 cm³/mol. The average Bonchev–Trinajstić information content (AvgIpc) is 2.46. The zero-order chi connectivity index (χ0) is 14.8. The molecule has 21 heavy (non-hydrogen) atoms. The van der Waals surface area contributed by atoms with Gasteiger partial charge >= 0.3 is 5.97 Å². The van der Waals surface area contributed by atoms with E-state index in [-0.39, 0.29) is 30.3 Å². The van der Waals surface area contributed by atoms with Crippen molar-refractivity contribution >= 4 is 29.6 Å². The molecule has 2 N–H and O–H groups in total. The Hall–Kier alpha value is -1.82. The van der Waals surface area contributed by atoms with Crippen LogP contribution in [0.4, 0.5) is 14.5 Å². The van der Waals surface area contributed by atoms with Gasteiger partial charge in [-0.15, -0.1) is 12.4 Å². The van der Waals surface area contributed by atoms with Crippen LogP contribution in [-0.2, 0) is 9.53 Å². The van der Waals surface area contributed by atoms with Crippen LogP contribution in [0.3, 0.4) is 0 Å². The summed E-state index contributed by atoms with van der Waals surface area (Å²) >= 11 is 0. The van der Waals surface area contributed by atoms with Gasteiger partial charge in [0.2, 0.25) is 0 Å². The highest BCUT2D eigenvalue weighted by Crippen LogP contribution is 2.38. The molecule has 0 fully saturated rings. The number of nitrogen functional groups attached to an aromatic ring is 1. The van der Waals surface area contributed by atoms with Crippen molar-refractivity contribution in [1.82, 2.24) is 0 Å². The van der Waals surface area contributed by atoms with Crippen LogP contribution in [0.15, 0.2) is 24.3 Å². The van der Waals surface area contributed by atoms with E-state index in [2.05, 4.69) is 0 Å². The number of anilines is 1. The molecule has 1 aromatic carbocycles. The Kier molecular flexibility index (Phi) is 5.54. The van der Waals surface area contributed by atoms with Gasteiger partial charge in [0.25, 0.3) is 0 Å². The molecular formula is C14H16ClF2NO3. The summed E-state index contributed by atoms with van der Waals surface area (Å²) in [6.07, 6.45) is 1.13. The molecule has 1 heterocycles. The number of fused-ring (bicyclic) bond motifs is 1. The highest BCUT2D eigenvalue weighted by atomic mass is 35.5. The lowest BCUT2D eigenvalue weighted by atomic mass is 9.93. The number of benzene rings is 1. The molecule has 0 spiro atoms. The number of carbonyl (C=O) groups is 1. The molecule has 1 aliphatic rings. The molecular weight excluding hydrogens is 304 g/mol. The van der Waals surface area contributed by atoms with Gasteiger partial charge in [-0.05, 0) is 31.2 Å². The average molecular weight is 320 g/mol. The minimum atomic E-state index is -1.79. The number of alkyl halides is 2. The van der Waals surface area contributed by atoms with Crippen molar-refractivity contribution in [3.63, 3.8) is 0 Å². The molecule has 0 atom stereocenters. The quantitative estimate of drug-likeness (QED) is 0.684. The van der Waals surface area contributed by atoms with Gasteiger partial charge in [0.15, 0.2) is 5.60 Å². The van der Waals surface area contributed by atoms with E-state index in [0.717, 1.165) is 6.08 Å². The van der Waals surface area contributed by atoms with Gasteiger partial charge in [0.1, 0.15) is 19.1 Å².